The molecule has 2 N–H and O–H groups in total. The average molecular weight is 553 g/mol. The number of unbranched alkanes of at least 4 members (excludes halogenated alkanes) is 1. The molecule has 1 aliphatic heterocycles. The molecule has 1 saturated carbocycles. The maximum absolute atomic E-state index is 13.4. The van der Waals surface area contributed by atoms with Gasteiger partial charge in [0.15, 0.2) is 12.5 Å². The molecular weight excluding hydrogens is 516 g/mol. The van der Waals surface area contributed by atoms with E-state index in [9.17, 15) is 19.8 Å². The van der Waals surface area contributed by atoms with Gasteiger partial charge in [-0.2, -0.15) is 5.11 Å². The van der Waals surface area contributed by atoms with Crippen molar-refractivity contribution in [2.24, 2.45) is 15.2 Å². The Morgan fingerprint density at radius 1 is 0.927 bits per heavy atom. The van der Waals surface area contributed by atoms with Crippen LogP contribution in [0.3, 0.4) is 0 Å². The molecule has 5 rings (SSSR count). The Morgan fingerprint density at radius 3 is 2.27 bits per heavy atom. The average Bonchev–Trinajstić information content (AvgIpc) is 3.55. The van der Waals surface area contributed by atoms with Crippen LogP contribution < -0.4 is 0 Å². The minimum atomic E-state index is -1.31. The van der Waals surface area contributed by atoms with E-state index in [0.29, 0.717) is 38.2 Å². The first-order chi connectivity index (χ1) is 19.9. The third kappa shape index (κ3) is 6.12. The van der Waals surface area contributed by atoms with E-state index in [0.717, 1.165) is 39.8 Å². The van der Waals surface area contributed by atoms with Gasteiger partial charge in [-0.15, -0.1) is 5.11 Å². The molecule has 0 saturated heterocycles. The van der Waals surface area contributed by atoms with E-state index >= 15 is 0 Å². The van der Waals surface area contributed by atoms with Crippen molar-refractivity contribution in [1.82, 2.24) is 4.90 Å². The Kier molecular flexibility index (Phi) is 8.69. The van der Waals surface area contributed by atoms with Gasteiger partial charge < -0.3 is 15.1 Å². The summed E-state index contributed by atoms with van der Waals surface area (Å²) in [4.78, 5) is 32.1. The first kappa shape index (κ1) is 28.4. The fourth-order valence-electron chi connectivity index (χ4n) is 5.75. The number of carbonyl (C=O) groups excluding carboxylic acids is 1. The van der Waals surface area contributed by atoms with Gasteiger partial charge in [-0.05, 0) is 72.1 Å². The van der Waals surface area contributed by atoms with Crippen molar-refractivity contribution in [2.45, 2.75) is 70.1 Å². The fourth-order valence-corrected chi connectivity index (χ4v) is 5.75. The van der Waals surface area contributed by atoms with Crippen LogP contribution in [-0.4, -0.2) is 51.1 Å². The summed E-state index contributed by atoms with van der Waals surface area (Å²) in [5, 5.41) is 28.7. The number of aliphatic hydroxyl groups is 1. The van der Waals surface area contributed by atoms with Gasteiger partial charge >= 0.3 is 5.97 Å². The van der Waals surface area contributed by atoms with Gasteiger partial charge in [-0.3, -0.25) is 4.79 Å². The maximum atomic E-state index is 13.4. The number of amidine groups is 1. The van der Waals surface area contributed by atoms with E-state index in [4.69, 9.17) is 0 Å². The van der Waals surface area contributed by atoms with Crippen molar-refractivity contribution >= 4 is 17.7 Å². The van der Waals surface area contributed by atoms with E-state index in [-0.39, 0.29) is 25.3 Å². The summed E-state index contributed by atoms with van der Waals surface area (Å²) in [6.45, 7) is 2.53. The molecule has 0 atom stereocenters. The number of benzene rings is 3. The number of amides is 1. The third-order valence-corrected chi connectivity index (χ3v) is 8.16. The highest BCUT2D eigenvalue weighted by molar-refractivity contribution is 6.06. The van der Waals surface area contributed by atoms with Crippen LogP contribution >= 0.6 is 0 Å². The van der Waals surface area contributed by atoms with E-state index in [1.165, 1.54) is 0 Å². The number of azo groups is 1. The normalized spacial score (nSPS) is 20.0. The van der Waals surface area contributed by atoms with Crippen molar-refractivity contribution in [3.8, 4) is 22.3 Å². The number of aliphatic carboxylic acids is 1. The molecule has 1 fully saturated rings. The largest absolute Gasteiger partial charge is 0.479 e. The van der Waals surface area contributed by atoms with Crippen molar-refractivity contribution in [3.63, 3.8) is 0 Å². The second kappa shape index (κ2) is 12.6. The molecule has 2 aliphatic rings. The van der Waals surface area contributed by atoms with Crippen LogP contribution in [0.5, 0.6) is 0 Å². The molecule has 0 bridgehead atoms. The fraction of sp³-hybridized carbons (Fsp3) is 0.364. The topological polar surface area (TPSA) is 115 Å². The third-order valence-electron chi connectivity index (χ3n) is 8.16. The van der Waals surface area contributed by atoms with Crippen molar-refractivity contribution < 1.29 is 19.8 Å². The zero-order valence-electron chi connectivity index (χ0n) is 23.4. The summed E-state index contributed by atoms with van der Waals surface area (Å²) >= 11 is 0. The number of hydrogen-bond acceptors (Lipinski definition) is 6. The van der Waals surface area contributed by atoms with Crippen LogP contribution in [0.2, 0.25) is 0 Å². The lowest BCUT2D eigenvalue weighted by Crippen LogP contribution is -2.58. The molecule has 1 heterocycles. The molecule has 1 amide bonds. The number of aliphatic imine (C=N–C) groups is 1. The van der Waals surface area contributed by atoms with Crippen molar-refractivity contribution in [1.29, 1.82) is 0 Å². The molecule has 0 unspecified atom stereocenters. The monoisotopic (exact) mass is 552 g/mol. The predicted molar refractivity (Wildman–Crippen MR) is 158 cm³/mol. The molecule has 0 radical (unpaired) electrons. The molecule has 212 valence electrons. The minimum Gasteiger partial charge on any atom is -0.479 e. The molecule has 8 nitrogen and oxygen atoms in total. The molecule has 0 aromatic heterocycles. The number of carboxylic acid groups (broad SMARTS) is 1. The molecule has 3 aromatic carbocycles. The molecular formula is C33H36N4O4. The number of rotatable bonds is 10. The Hall–Kier alpha value is -4.17. The summed E-state index contributed by atoms with van der Waals surface area (Å²) < 4.78 is 0. The van der Waals surface area contributed by atoms with Gasteiger partial charge in [0, 0.05) is 18.5 Å². The van der Waals surface area contributed by atoms with Gasteiger partial charge in [0.05, 0.1) is 6.10 Å². The van der Waals surface area contributed by atoms with Crippen LogP contribution in [0.1, 0.15) is 63.0 Å². The second-order valence-corrected chi connectivity index (χ2v) is 10.8. The van der Waals surface area contributed by atoms with Crippen LogP contribution in [0.4, 0.5) is 0 Å². The summed E-state index contributed by atoms with van der Waals surface area (Å²) in [5.74, 6) is -0.559. The van der Waals surface area contributed by atoms with Crippen molar-refractivity contribution in [3.05, 3.63) is 83.9 Å². The number of nitrogens with zero attached hydrogens (tertiary/aromatic N) is 4. The van der Waals surface area contributed by atoms with Gasteiger partial charge in [0.25, 0.3) is 0 Å². The summed E-state index contributed by atoms with van der Waals surface area (Å²) in [6.07, 6.45) is 2.54. The minimum absolute atomic E-state index is 0.155. The maximum Gasteiger partial charge on any atom is 0.329 e. The quantitative estimate of drug-likeness (QED) is 0.300. The van der Waals surface area contributed by atoms with E-state index in [2.05, 4.69) is 39.5 Å². The Labute approximate surface area is 240 Å². The van der Waals surface area contributed by atoms with Crippen LogP contribution in [0.15, 0.2) is 88.0 Å². The highest BCUT2D eigenvalue weighted by Crippen LogP contribution is 2.37. The first-order valence-corrected chi connectivity index (χ1v) is 14.3. The number of carboxylic acids is 1. The van der Waals surface area contributed by atoms with Crippen LogP contribution in [0, 0.1) is 0 Å². The summed E-state index contributed by atoms with van der Waals surface area (Å²) in [7, 11) is 0. The smallest absolute Gasteiger partial charge is 0.329 e. The van der Waals surface area contributed by atoms with Gasteiger partial charge in [-0.1, -0.05) is 74.0 Å². The Morgan fingerprint density at radius 2 is 1.63 bits per heavy atom. The van der Waals surface area contributed by atoms with Gasteiger partial charge in [-0.25, -0.2) is 9.79 Å². The Balaban J connectivity index is 1.48. The molecule has 0 spiro atoms. The van der Waals surface area contributed by atoms with E-state index in [1.807, 2.05) is 55.5 Å². The summed E-state index contributed by atoms with van der Waals surface area (Å²) in [5.41, 5.74) is 4.53. The molecule has 3 aromatic rings. The molecule has 41 heavy (non-hydrogen) atoms. The zero-order chi connectivity index (χ0) is 28.8. The number of hydrogen-bond donors (Lipinski definition) is 2. The highest BCUT2D eigenvalue weighted by Gasteiger charge is 2.48. The lowest BCUT2D eigenvalue weighted by molar-refractivity contribution is -0.164. The second-order valence-electron chi connectivity index (χ2n) is 10.8. The zero-order valence-corrected chi connectivity index (χ0v) is 23.4. The lowest BCUT2D eigenvalue weighted by Gasteiger charge is -2.44. The standard InChI is InChI=1S/C33H36N4O4/c1-2-3-9-30(39)37(33(32(40)41)18-16-27(38)17-19-33)21-23-10-12-25(13-11-23)29-20-26(24-7-5-4-6-8-24)14-15-28(29)31-34-22-35-36-31/h4-8,10-15,20,27,38H,2-3,9,16-19,21-22H2,1H3,(H,40,41). The highest BCUT2D eigenvalue weighted by atomic mass is 16.4. The Bertz CT molecular complexity index is 1440. The van der Waals surface area contributed by atoms with Crippen LogP contribution in [-0.2, 0) is 16.1 Å². The first-order valence-electron chi connectivity index (χ1n) is 14.3. The molecule has 8 heteroatoms. The number of carbonyl (C=O) groups is 2. The van der Waals surface area contributed by atoms with E-state index < -0.39 is 17.6 Å². The van der Waals surface area contributed by atoms with Gasteiger partial charge in [0.2, 0.25) is 5.91 Å². The lowest BCUT2D eigenvalue weighted by atomic mass is 9.78. The molecule has 1 aliphatic carbocycles. The SMILES string of the molecule is CCCCC(=O)N(Cc1ccc(-c2cc(-c3ccccc3)ccc2C2=NCN=N2)cc1)C1(C(=O)O)CCC(O)CC1. The summed E-state index contributed by atoms with van der Waals surface area (Å²) in [6, 6.07) is 24.3. The van der Waals surface area contributed by atoms with E-state index in [1.54, 1.807) is 4.90 Å². The predicted octanol–water partition coefficient (Wildman–Crippen LogP) is 6.47. The van der Waals surface area contributed by atoms with Gasteiger partial charge in [0.1, 0.15) is 5.54 Å². The number of aliphatic hydroxyl groups excluding tert-OH is 1. The van der Waals surface area contributed by atoms with Crippen molar-refractivity contribution in [2.75, 3.05) is 6.67 Å². The van der Waals surface area contributed by atoms with Crippen LogP contribution in [0.25, 0.3) is 22.3 Å².